The lowest BCUT2D eigenvalue weighted by molar-refractivity contribution is 0.327. The Morgan fingerprint density at radius 2 is 2.35 bits per heavy atom. The standard InChI is InChI=1S/C13H21N3O/c1-3-17-12-6-4-5-11(15-12)16-8-7-13(2,9-14)10-16/h4-6H,3,7-10,14H2,1-2H3. The average Bonchev–Trinajstić information content (AvgIpc) is 2.74. The summed E-state index contributed by atoms with van der Waals surface area (Å²) in [5.41, 5.74) is 6.04. The summed E-state index contributed by atoms with van der Waals surface area (Å²) in [6, 6.07) is 5.92. The van der Waals surface area contributed by atoms with Crippen molar-refractivity contribution in [2.45, 2.75) is 20.3 Å². The van der Waals surface area contributed by atoms with Gasteiger partial charge in [-0.25, -0.2) is 0 Å². The highest BCUT2D eigenvalue weighted by atomic mass is 16.5. The molecule has 2 heterocycles. The molecule has 1 unspecified atom stereocenters. The van der Waals surface area contributed by atoms with E-state index < -0.39 is 0 Å². The van der Waals surface area contributed by atoms with Gasteiger partial charge < -0.3 is 15.4 Å². The van der Waals surface area contributed by atoms with Crippen molar-refractivity contribution in [2.75, 3.05) is 31.1 Å². The molecular weight excluding hydrogens is 214 g/mol. The highest BCUT2D eigenvalue weighted by Gasteiger charge is 2.33. The summed E-state index contributed by atoms with van der Waals surface area (Å²) in [6.45, 7) is 7.59. The van der Waals surface area contributed by atoms with Crippen LogP contribution in [0.3, 0.4) is 0 Å². The summed E-state index contributed by atoms with van der Waals surface area (Å²) in [4.78, 5) is 6.79. The summed E-state index contributed by atoms with van der Waals surface area (Å²) in [5, 5.41) is 0. The molecule has 1 aromatic heterocycles. The van der Waals surface area contributed by atoms with Crippen LogP contribution in [0.5, 0.6) is 5.88 Å². The predicted octanol–water partition coefficient (Wildman–Crippen LogP) is 1.66. The van der Waals surface area contributed by atoms with Crippen LogP contribution < -0.4 is 15.4 Å². The van der Waals surface area contributed by atoms with Gasteiger partial charge in [-0.05, 0) is 31.4 Å². The molecule has 2 rings (SSSR count). The Labute approximate surface area is 103 Å². The first kappa shape index (κ1) is 12.2. The third-order valence-electron chi connectivity index (χ3n) is 3.38. The van der Waals surface area contributed by atoms with Gasteiger partial charge >= 0.3 is 0 Å². The van der Waals surface area contributed by atoms with E-state index in [0.717, 1.165) is 31.9 Å². The van der Waals surface area contributed by atoms with Crippen LogP contribution >= 0.6 is 0 Å². The Bertz CT molecular complexity index is 383. The molecule has 0 aromatic carbocycles. The number of hydrogen-bond donors (Lipinski definition) is 1. The Hall–Kier alpha value is -1.29. The maximum absolute atomic E-state index is 5.81. The third kappa shape index (κ3) is 2.69. The number of rotatable bonds is 4. The monoisotopic (exact) mass is 235 g/mol. The zero-order valence-corrected chi connectivity index (χ0v) is 10.6. The molecule has 0 amide bonds. The number of aromatic nitrogens is 1. The minimum atomic E-state index is 0.225. The van der Waals surface area contributed by atoms with E-state index in [2.05, 4.69) is 16.8 Å². The Morgan fingerprint density at radius 1 is 1.53 bits per heavy atom. The molecule has 1 fully saturated rings. The first-order valence-corrected chi connectivity index (χ1v) is 6.22. The largest absolute Gasteiger partial charge is 0.478 e. The summed E-state index contributed by atoms with van der Waals surface area (Å²) >= 11 is 0. The van der Waals surface area contributed by atoms with Gasteiger partial charge in [-0.15, -0.1) is 0 Å². The molecule has 1 aliphatic heterocycles. The van der Waals surface area contributed by atoms with Crippen LogP contribution in [0.25, 0.3) is 0 Å². The van der Waals surface area contributed by atoms with Gasteiger partial charge in [-0.2, -0.15) is 4.98 Å². The van der Waals surface area contributed by atoms with Crippen molar-refractivity contribution in [3.05, 3.63) is 18.2 Å². The maximum atomic E-state index is 5.81. The van der Waals surface area contributed by atoms with Crippen LogP contribution in [0.15, 0.2) is 18.2 Å². The second kappa shape index (κ2) is 4.92. The van der Waals surface area contributed by atoms with Gasteiger partial charge in [0.15, 0.2) is 0 Å². The lowest BCUT2D eigenvalue weighted by Gasteiger charge is -2.23. The fourth-order valence-corrected chi connectivity index (χ4v) is 2.19. The number of nitrogens with zero attached hydrogens (tertiary/aromatic N) is 2. The molecule has 0 saturated carbocycles. The van der Waals surface area contributed by atoms with Crippen LogP contribution in [0.2, 0.25) is 0 Å². The van der Waals surface area contributed by atoms with Gasteiger partial charge in [0, 0.05) is 19.2 Å². The summed E-state index contributed by atoms with van der Waals surface area (Å²) in [7, 11) is 0. The second-order valence-corrected chi connectivity index (χ2v) is 4.95. The van der Waals surface area contributed by atoms with Crippen LogP contribution in [0.1, 0.15) is 20.3 Å². The molecule has 0 radical (unpaired) electrons. The first-order chi connectivity index (χ1) is 8.17. The highest BCUT2D eigenvalue weighted by molar-refractivity contribution is 5.42. The van der Waals surface area contributed by atoms with Gasteiger partial charge in [-0.1, -0.05) is 13.0 Å². The van der Waals surface area contributed by atoms with Crippen LogP contribution in [-0.4, -0.2) is 31.2 Å². The van der Waals surface area contributed by atoms with E-state index in [9.17, 15) is 0 Å². The molecule has 4 nitrogen and oxygen atoms in total. The molecular formula is C13H21N3O. The van der Waals surface area contributed by atoms with Crippen LogP contribution in [0.4, 0.5) is 5.82 Å². The van der Waals surface area contributed by atoms with E-state index >= 15 is 0 Å². The zero-order chi connectivity index (χ0) is 12.3. The van der Waals surface area contributed by atoms with Crippen LogP contribution in [-0.2, 0) is 0 Å². The van der Waals surface area contributed by atoms with E-state index in [-0.39, 0.29) is 5.41 Å². The topological polar surface area (TPSA) is 51.4 Å². The Balaban J connectivity index is 2.10. The number of anilines is 1. The van der Waals surface area contributed by atoms with Gasteiger partial charge in [0.2, 0.25) is 5.88 Å². The van der Waals surface area contributed by atoms with E-state index in [1.54, 1.807) is 0 Å². The fraction of sp³-hybridized carbons (Fsp3) is 0.615. The molecule has 1 atom stereocenters. The van der Waals surface area contributed by atoms with Crippen molar-refractivity contribution in [1.29, 1.82) is 0 Å². The van der Waals surface area contributed by atoms with Crippen molar-refractivity contribution in [3.8, 4) is 5.88 Å². The van der Waals surface area contributed by atoms with Crippen molar-refractivity contribution >= 4 is 5.82 Å². The van der Waals surface area contributed by atoms with Crippen molar-refractivity contribution in [2.24, 2.45) is 11.1 Å². The van der Waals surface area contributed by atoms with Crippen molar-refractivity contribution in [3.63, 3.8) is 0 Å². The van der Waals surface area contributed by atoms with Gasteiger partial charge in [0.25, 0.3) is 0 Å². The molecule has 1 saturated heterocycles. The van der Waals surface area contributed by atoms with Crippen molar-refractivity contribution < 1.29 is 4.74 Å². The number of pyridine rings is 1. The SMILES string of the molecule is CCOc1cccc(N2CCC(C)(CN)C2)n1. The van der Waals surface area contributed by atoms with Crippen molar-refractivity contribution in [1.82, 2.24) is 4.98 Å². The molecule has 94 valence electrons. The second-order valence-electron chi connectivity index (χ2n) is 4.95. The van der Waals surface area contributed by atoms with Gasteiger partial charge in [0.05, 0.1) is 6.61 Å². The van der Waals surface area contributed by atoms with E-state index in [0.29, 0.717) is 12.5 Å². The normalized spacial score (nSPS) is 24.1. The van der Waals surface area contributed by atoms with E-state index in [1.807, 2.05) is 25.1 Å². The molecule has 0 spiro atoms. The quantitative estimate of drug-likeness (QED) is 0.862. The third-order valence-corrected chi connectivity index (χ3v) is 3.38. The molecule has 2 N–H and O–H groups in total. The number of hydrogen-bond acceptors (Lipinski definition) is 4. The number of nitrogens with two attached hydrogens (primary N) is 1. The van der Waals surface area contributed by atoms with Gasteiger partial charge in [0.1, 0.15) is 5.82 Å². The van der Waals surface area contributed by atoms with E-state index in [1.165, 1.54) is 0 Å². The predicted molar refractivity (Wildman–Crippen MR) is 69.4 cm³/mol. The van der Waals surface area contributed by atoms with Gasteiger partial charge in [-0.3, -0.25) is 0 Å². The first-order valence-electron chi connectivity index (χ1n) is 6.22. The summed E-state index contributed by atoms with van der Waals surface area (Å²) in [6.07, 6.45) is 1.13. The molecule has 4 heteroatoms. The van der Waals surface area contributed by atoms with E-state index in [4.69, 9.17) is 10.5 Å². The zero-order valence-electron chi connectivity index (χ0n) is 10.6. The lowest BCUT2D eigenvalue weighted by Crippen LogP contribution is -2.31. The summed E-state index contributed by atoms with van der Waals surface area (Å²) < 4.78 is 5.42. The molecule has 17 heavy (non-hydrogen) atoms. The molecule has 1 aliphatic rings. The highest BCUT2D eigenvalue weighted by Crippen LogP contribution is 2.31. The molecule has 0 bridgehead atoms. The minimum absolute atomic E-state index is 0.225. The fourth-order valence-electron chi connectivity index (χ4n) is 2.19. The smallest absolute Gasteiger partial charge is 0.215 e. The molecule has 1 aromatic rings. The lowest BCUT2D eigenvalue weighted by atomic mass is 9.90. The summed E-state index contributed by atoms with van der Waals surface area (Å²) in [5.74, 6) is 1.69. The average molecular weight is 235 g/mol. The Kier molecular flexibility index (Phi) is 3.52. The molecule has 0 aliphatic carbocycles. The maximum Gasteiger partial charge on any atom is 0.215 e. The minimum Gasteiger partial charge on any atom is -0.478 e. The van der Waals surface area contributed by atoms with Crippen LogP contribution in [0, 0.1) is 5.41 Å². The number of ether oxygens (including phenoxy) is 1. The Morgan fingerprint density at radius 3 is 3.00 bits per heavy atom.